The summed E-state index contributed by atoms with van der Waals surface area (Å²) < 4.78 is 5.41. The maximum absolute atomic E-state index is 13.0. The van der Waals surface area contributed by atoms with Crippen molar-refractivity contribution in [2.45, 2.75) is 26.0 Å². The Kier molecular flexibility index (Phi) is 6.84. The Balaban J connectivity index is 1.90. The molecule has 2 amide bonds. The second-order valence-corrected chi connectivity index (χ2v) is 7.27. The van der Waals surface area contributed by atoms with Crippen LogP contribution < -0.4 is 10.2 Å². The number of carbonyl (C=O) groups is 3. The van der Waals surface area contributed by atoms with Crippen LogP contribution in [0, 0.1) is 0 Å². The van der Waals surface area contributed by atoms with Crippen molar-refractivity contribution >= 4 is 40.8 Å². The molecule has 2 aromatic carbocycles. The van der Waals surface area contributed by atoms with Gasteiger partial charge in [-0.15, -0.1) is 0 Å². The Bertz CT molecular complexity index is 991. The molecule has 1 atom stereocenters. The maximum Gasteiger partial charge on any atom is 0.308 e. The van der Waals surface area contributed by atoms with Gasteiger partial charge in [0.1, 0.15) is 0 Å². The van der Waals surface area contributed by atoms with Gasteiger partial charge < -0.3 is 15.0 Å². The van der Waals surface area contributed by atoms with Crippen molar-refractivity contribution in [1.82, 2.24) is 5.32 Å². The summed E-state index contributed by atoms with van der Waals surface area (Å²) in [5.41, 5.74) is 2.59. The minimum Gasteiger partial charge on any atom is -0.430 e. The third-order valence-electron chi connectivity index (χ3n) is 4.59. The molecular formula is C22H22ClN3O4. The third-order valence-corrected chi connectivity index (χ3v) is 4.82. The molecule has 0 bridgehead atoms. The van der Waals surface area contributed by atoms with Crippen molar-refractivity contribution in [3.8, 4) is 0 Å². The Hall–Kier alpha value is -3.19. The van der Waals surface area contributed by atoms with Crippen molar-refractivity contribution < 1.29 is 19.1 Å². The van der Waals surface area contributed by atoms with Gasteiger partial charge in [0, 0.05) is 43.1 Å². The molecule has 2 aromatic rings. The molecule has 3 rings (SSSR count). The number of rotatable bonds is 6. The number of likely N-dealkylation sites (N-methyl/N-ethyl adjacent to an activating group) is 1. The third kappa shape index (κ3) is 5.04. The fourth-order valence-corrected chi connectivity index (χ4v) is 3.27. The van der Waals surface area contributed by atoms with Gasteiger partial charge in [-0.2, -0.15) is 0 Å². The van der Waals surface area contributed by atoms with E-state index >= 15 is 0 Å². The molecule has 0 saturated carbocycles. The normalized spacial score (nSPS) is 15.7. The molecule has 0 spiro atoms. The monoisotopic (exact) mass is 427 g/mol. The van der Waals surface area contributed by atoms with Crippen molar-refractivity contribution in [1.29, 1.82) is 0 Å². The molecular weight excluding hydrogens is 406 g/mol. The van der Waals surface area contributed by atoms with Crippen molar-refractivity contribution in [2.75, 3.05) is 18.5 Å². The Morgan fingerprint density at radius 3 is 2.63 bits per heavy atom. The van der Waals surface area contributed by atoms with Gasteiger partial charge in [0.25, 0.3) is 12.1 Å². The first-order valence-electron chi connectivity index (χ1n) is 9.51. The predicted molar refractivity (Wildman–Crippen MR) is 115 cm³/mol. The molecule has 1 unspecified atom stereocenters. The maximum atomic E-state index is 13.0. The number of benzodiazepines with no additional fused rings is 1. The number of hydrogen-bond acceptors (Lipinski definition) is 5. The number of halogens is 1. The van der Waals surface area contributed by atoms with Gasteiger partial charge in [0.05, 0.1) is 11.4 Å². The molecule has 0 saturated heterocycles. The number of hydrogen-bond donors (Lipinski definition) is 1. The molecule has 30 heavy (non-hydrogen) atoms. The van der Waals surface area contributed by atoms with Crippen molar-refractivity contribution in [3.63, 3.8) is 0 Å². The van der Waals surface area contributed by atoms with E-state index in [1.54, 1.807) is 25.2 Å². The van der Waals surface area contributed by atoms with Gasteiger partial charge in [-0.05, 0) is 24.6 Å². The average molecular weight is 428 g/mol. The van der Waals surface area contributed by atoms with E-state index in [9.17, 15) is 14.4 Å². The van der Waals surface area contributed by atoms with Crippen LogP contribution in [-0.4, -0.2) is 43.3 Å². The number of benzene rings is 2. The summed E-state index contributed by atoms with van der Waals surface area (Å²) in [4.78, 5) is 42.1. The molecule has 1 N–H and O–H groups in total. The number of nitrogens with one attached hydrogen (secondary N) is 1. The fourth-order valence-electron chi connectivity index (χ4n) is 3.10. The van der Waals surface area contributed by atoms with E-state index in [0.717, 1.165) is 5.56 Å². The van der Waals surface area contributed by atoms with Crippen LogP contribution in [0.2, 0.25) is 5.02 Å². The van der Waals surface area contributed by atoms with Crippen LogP contribution in [0.5, 0.6) is 0 Å². The molecule has 156 valence electrons. The van der Waals surface area contributed by atoms with Crippen LogP contribution in [0.4, 0.5) is 5.69 Å². The fraction of sp³-hybridized carbons (Fsp3) is 0.273. The number of ether oxygens (including phenoxy) is 1. The second kappa shape index (κ2) is 9.54. The van der Waals surface area contributed by atoms with E-state index in [4.69, 9.17) is 16.3 Å². The van der Waals surface area contributed by atoms with Crippen LogP contribution in [-0.2, 0) is 19.1 Å². The van der Waals surface area contributed by atoms with Crippen LogP contribution in [0.3, 0.4) is 0 Å². The van der Waals surface area contributed by atoms with E-state index in [1.807, 2.05) is 30.3 Å². The van der Waals surface area contributed by atoms with Gasteiger partial charge in [-0.1, -0.05) is 41.9 Å². The van der Waals surface area contributed by atoms with Crippen LogP contribution in [0.15, 0.2) is 53.5 Å². The summed E-state index contributed by atoms with van der Waals surface area (Å²) >= 11 is 6.21. The highest BCUT2D eigenvalue weighted by molar-refractivity contribution is 6.32. The van der Waals surface area contributed by atoms with Gasteiger partial charge >= 0.3 is 5.97 Å². The lowest BCUT2D eigenvalue weighted by atomic mass is 10.0. The highest BCUT2D eigenvalue weighted by atomic mass is 35.5. The summed E-state index contributed by atoms with van der Waals surface area (Å²) in [5.74, 6) is -1.19. The molecule has 0 fully saturated rings. The molecule has 0 aromatic heterocycles. The van der Waals surface area contributed by atoms with E-state index < -0.39 is 18.1 Å². The Morgan fingerprint density at radius 1 is 1.20 bits per heavy atom. The number of anilines is 1. The van der Waals surface area contributed by atoms with Gasteiger partial charge in [-0.3, -0.25) is 14.4 Å². The van der Waals surface area contributed by atoms with Crippen LogP contribution in [0.25, 0.3) is 0 Å². The zero-order valence-electron chi connectivity index (χ0n) is 16.7. The predicted octanol–water partition coefficient (Wildman–Crippen LogP) is 2.94. The molecule has 0 radical (unpaired) electrons. The van der Waals surface area contributed by atoms with Gasteiger partial charge in [-0.25, -0.2) is 4.99 Å². The first-order chi connectivity index (χ1) is 14.4. The summed E-state index contributed by atoms with van der Waals surface area (Å²) in [6.07, 6.45) is -0.854. The van der Waals surface area contributed by atoms with Gasteiger partial charge in [0.2, 0.25) is 5.91 Å². The number of aliphatic imine (C=N–C) groups is 1. The standard InChI is InChI=1S/C22H22ClN3O4/c1-14(27)24-12-6-9-19(28)30-21-22(29)26(2)18-11-10-16(23)13-17(18)20(25-21)15-7-4-3-5-8-15/h3-5,7-8,10-11,13,21H,6,9,12H2,1-2H3,(H,24,27). The minimum absolute atomic E-state index is 0.0583. The largest absolute Gasteiger partial charge is 0.430 e. The minimum atomic E-state index is -1.32. The number of esters is 1. The highest BCUT2D eigenvalue weighted by Crippen LogP contribution is 2.30. The summed E-state index contributed by atoms with van der Waals surface area (Å²) in [5, 5.41) is 3.12. The molecule has 8 heteroatoms. The quantitative estimate of drug-likeness (QED) is 0.567. The first-order valence-corrected chi connectivity index (χ1v) is 9.89. The Labute approximate surface area is 179 Å². The smallest absolute Gasteiger partial charge is 0.308 e. The first kappa shape index (κ1) is 21.5. The summed E-state index contributed by atoms with van der Waals surface area (Å²) in [6.45, 7) is 1.76. The lowest BCUT2D eigenvalue weighted by Crippen LogP contribution is -2.37. The van der Waals surface area contributed by atoms with E-state index in [2.05, 4.69) is 10.3 Å². The lowest BCUT2D eigenvalue weighted by Gasteiger charge is -2.20. The van der Waals surface area contributed by atoms with E-state index in [0.29, 0.717) is 35.0 Å². The Morgan fingerprint density at radius 2 is 1.93 bits per heavy atom. The highest BCUT2D eigenvalue weighted by Gasteiger charge is 2.32. The van der Waals surface area contributed by atoms with E-state index in [1.165, 1.54) is 11.8 Å². The lowest BCUT2D eigenvalue weighted by molar-refractivity contribution is -0.154. The second-order valence-electron chi connectivity index (χ2n) is 6.83. The molecule has 7 nitrogen and oxygen atoms in total. The van der Waals surface area contributed by atoms with Crippen molar-refractivity contribution in [2.24, 2.45) is 4.99 Å². The molecule has 1 aliphatic rings. The van der Waals surface area contributed by atoms with Gasteiger partial charge in [0.15, 0.2) is 0 Å². The number of carbonyl (C=O) groups excluding carboxylic acids is 3. The zero-order valence-corrected chi connectivity index (χ0v) is 17.5. The number of nitrogens with zero attached hydrogens (tertiary/aromatic N) is 2. The SMILES string of the molecule is CC(=O)NCCCC(=O)OC1N=C(c2ccccc2)c2cc(Cl)ccc2N(C)C1=O. The number of amides is 2. The number of fused-ring (bicyclic) bond motifs is 1. The van der Waals surface area contributed by atoms with Crippen LogP contribution in [0.1, 0.15) is 30.9 Å². The topological polar surface area (TPSA) is 88.1 Å². The van der Waals surface area contributed by atoms with Crippen molar-refractivity contribution in [3.05, 3.63) is 64.7 Å². The molecule has 1 heterocycles. The van der Waals surface area contributed by atoms with E-state index in [-0.39, 0.29) is 12.3 Å². The summed E-state index contributed by atoms with van der Waals surface area (Å²) in [6, 6.07) is 14.5. The summed E-state index contributed by atoms with van der Waals surface area (Å²) in [7, 11) is 1.61. The zero-order chi connectivity index (χ0) is 21.7. The molecule has 0 aliphatic carbocycles. The van der Waals surface area contributed by atoms with Crippen LogP contribution >= 0.6 is 11.6 Å². The molecule has 1 aliphatic heterocycles. The average Bonchev–Trinajstić information content (AvgIpc) is 2.82.